The zero-order chi connectivity index (χ0) is 13.5. The van der Waals surface area contributed by atoms with Crippen molar-refractivity contribution in [2.24, 2.45) is 5.73 Å². The number of hydrogen-bond acceptors (Lipinski definition) is 5. The van der Waals surface area contributed by atoms with Gasteiger partial charge in [-0.3, -0.25) is 10.1 Å². The highest BCUT2D eigenvalue weighted by Crippen LogP contribution is 2.07. The fraction of sp³-hybridized carbons (Fsp3) is 0.667. The van der Waals surface area contributed by atoms with Crippen molar-refractivity contribution in [2.45, 2.75) is 52.5 Å². The van der Waals surface area contributed by atoms with Crippen molar-refractivity contribution in [3.05, 3.63) is 11.4 Å². The van der Waals surface area contributed by atoms with Crippen LogP contribution < -0.4 is 11.1 Å². The number of aryl methyl sites for hydroxylation is 2. The first-order valence-electron chi connectivity index (χ1n) is 6.41. The number of nitrogens with two attached hydrogens (primary N) is 1. The van der Waals surface area contributed by atoms with Crippen LogP contribution >= 0.6 is 0 Å². The van der Waals surface area contributed by atoms with Crippen LogP contribution in [0.25, 0.3) is 0 Å². The van der Waals surface area contributed by atoms with Gasteiger partial charge in [-0.1, -0.05) is 27.2 Å². The number of hydrogen-bond donors (Lipinski definition) is 2. The van der Waals surface area contributed by atoms with E-state index < -0.39 is 6.04 Å². The zero-order valence-electron chi connectivity index (χ0n) is 11.2. The molecule has 1 aromatic heterocycles. The smallest absolute Gasteiger partial charge is 0.249 e. The summed E-state index contributed by atoms with van der Waals surface area (Å²) in [6.45, 7) is 5.98. The average Bonchev–Trinajstić information content (AvgIpc) is 2.38. The van der Waals surface area contributed by atoms with E-state index in [0.717, 1.165) is 30.7 Å². The summed E-state index contributed by atoms with van der Waals surface area (Å²) in [7, 11) is 0. The minimum Gasteiger partial charge on any atom is -0.320 e. The van der Waals surface area contributed by atoms with Gasteiger partial charge in [-0.25, -0.2) is 4.98 Å². The Labute approximate surface area is 107 Å². The summed E-state index contributed by atoms with van der Waals surface area (Å²) in [5.74, 6) is -0.0226. The molecule has 0 unspecified atom stereocenters. The number of nitrogens with one attached hydrogen (secondary N) is 1. The Kier molecular flexibility index (Phi) is 5.64. The molecular weight excluding hydrogens is 230 g/mol. The van der Waals surface area contributed by atoms with Gasteiger partial charge in [-0.15, -0.1) is 10.2 Å². The molecule has 0 spiro atoms. The number of rotatable bonds is 6. The molecule has 0 aliphatic carbocycles. The zero-order valence-corrected chi connectivity index (χ0v) is 11.2. The van der Waals surface area contributed by atoms with Crippen molar-refractivity contribution in [3.63, 3.8) is 0 Å². The quantitative estimate of drug-likeness (QED) is 0.788. The summed E-state index contributed by atoms with van der Waals surface area (Å²) in [5.41, 5.74) is 7.45. The molecule has 6 nitrogen and oxygen atoms in total. The largest absolute Gasteiger partial charge is 0.320 e. The van der Waals surface area contributed by atoms with E-state index in [9.17, 15) is 4.79 Å². The Morgan fingerprint density at radius 1 is 1.22 bits per heavy atom. The molecular formula is C12H21N5O. The Morgan fingerprint density at radius 3 is 2.44 bits per heavy atom. The van der Waals surface area contributed by atoms with Crippen LogP contribution in [0.5, 0.6) is 0 Å². The van der Waals surface area contributed by atoms with Crippen LogP contribution in [0.4, 0.5) is 5.95 Å². The van der Waals surface area contributed by atoms with Crippen molar-refractivity contribution in [2.75, 3.05) is 5.32 Å². The van der Waals surface area contributed by atoms with Gasteiger partial charge in [0.2, 0.25) is 11.9 Å². The van der Waals surface area contributed by atoms with E-state index in [1.54, 1.807) is 0 Å². The number of anilines is 1. The molecule has 0 fully saturated rings. The molecule has 0 aliphatic rings. The second-order valence-electron chi connectivity index (χ2n) is 4.12. The highest BCUT2D eigenvalue weighted by molar-refractivity contribution is 5.93. The molecule has 18 heavy (non-hydrogen) atoms. The fourth-order valence-corrected chi connectivity index (χ4v) is 1.64. The van der Waals surface area contributed by atoms with Gasteiger partial charge in [-0.2, -0.15) is 0 Å². The minimum atomic E-state index is -0.519. The predicted molar refractivity (Wildman–Crippen MR) is 70.1 cm³/mol. The van der Waals surface area contributed by atoms with Crippen molar-refractivity contribution < 1.29 is 4.79 Å². The Morgan fingerprint density at radius 2 is 1.89 bits per heavy atom. The normalized spacial score (nSPS) is 12.2. The van der Waals surface area contributed by atoms with E-state index in [-0.39, 0.29) is 11.9 Å². The number of carbonyl (C=O) groups excluding carboxylic acids is 1. The third kappa shape index (κ3) is 3.73. The van der Waals surface area contributed by atoms with E-state index >= 15 is 0 Å². The maximum Gasteiger partial charge on any atom is 0.249 e. The van der Waals surface area contributed by atoms with Gasteiger partial charge in [0.15, 0.2) is 0 Å². The topological polar surface area (TPSA) is 93.8 Å². The molecule has 1 atom stereocenters. The van der Waals surface area contributed by atoms with Crippen molar-refractivity contribution in [3.8, 4) is 0 Å². The molecule has 0 radical (unpaired) electrons. The maximum atomic E-state index is 11.7. The molecule has 0 saturated carbocycles. The van der Waals surface area contributed by atoms with Gasteiger partial charge < -0.3 is 5.73 Å². The highest BCUT2D eigenvalue weighted by atomic mass is 16.2. The van der Waals surface area contributed by atoms with Crippen LogP contribution in [0.15, 0.2) is 0 Å². The lowest BCUT2D eigenvalue weighted by Crippen LogP contribution is -2.36. The lowest BCUT2D eigenvalue weighted by molar-refractivity contribution is -0.117. The molecule has 0 bridgehead atoms. The fourth-order valence-electron chi connectivity index (χ4n) is 1.64. The first-order chi connectivity index (χ1) is 8.62. The van der Waals surface area contributed by atoms with E-state index in [2.05, 4.69) is 20.5 Å². The van der Waals surface area contributed by atoms with Crippen LogP contribution in [0, 0.1) is 0 Å². The average molecular weight is 251 g/mol. The monoisotopic (exact) mass is 251 g/mol. The van der Waals surface area contributed by atoms with Crippen molar-refractivity contribution >= 4 is 11.9 Å². The molecule has 1 rings (SSSR count). The van der Waals surface area contributed by atoms with Gasteiger partial charge in [0.25, 0.3) is 0 Å². The summed E-state index contributed by atoms with van der Waals surface area (Å²) in [4.78, 5) is 16.0. The van der Waals surface area contributed by atoms with Gasteiger partial charge in [-0.05, 0) is 19.3 Å². The molecule has 0 aromatic carbocycles. The third-order valence-electron chi connectivity index (χ3n) is 2.68. The summed E-state index contributed by atoms with van der Waals surface area (Å²) in [6.07, 6.45) is 3.06. The van der Waals surface area contributed by atoms with Gasteiger partial charge in [0, 0.05) is 0 Å². The van der Waals surface area contributed by atoms with Crippen molar-refractivity contribution in [1.29, 1.82) is 0 Å². The standard InChI is InChI=1S/C12H21N5O/c1-4-7-8(13)11(18)15-12-14-9(5-2)10(6-3)16-17-12/h8H,4-7,13H2,1-3H3,(H,14,15,17,18)/t8-/m1/s1. The summed E-state index contributed by atoms with van der Waals surface area (Å²) >= 11 is 0. The minimum absolute atomic E-state index is 0.237. The lowest BCUT2D eigenvalue weighted by Gasteiger charge is -2.10. The van der Waals surface area contributed by atoms with Crippen LogP contribution in [0.2, 0.25) is 0 Å². The number of amides is 1. The first kappa shape index (κ1) is 14.5. The summed E-state index contributed by atoms with van der Waals surface area (Å²) < 4.78 is 0. The third-order valence-corrected chi connectivity index (χ3v) is 2.68. The Hall–Kier alpha value is -1.56. The van der Waals surface area contributed by atoms with Crippen LogP contribution in [0.1, 0.15) is 45.0 Å². The molecule has 100 valence electrons. The summed E-state index contributed by atoms with van der Waals surface area (Å²) in [6, 6.07) is -0.519. The molecule has 1 aromatic rings. The van der Waals surface area contributed by atoms with Crippen molar-refractivity contribution in [1.82, 2.24) is 15.2 Å². The molecule has 0 aliphatic heterocycles. The van der Waals surface area contributed by atoms with Gasteiger partial charge >= 0.3 is 0 Å². The summed E-state index contributed by atoms with van der Waals surface area (Å²) in [5, 5.41) is 10.6. The van der Waals surface area contributed by atoms with Gasteiger partial charge in [0.05, 0.1) is 17.4 Å². The second kappa shape index (κ2) is 7.00. The Balaban J connectivity index is 2.76. The second-order valence-corrected chi connectivity index (χ2v) is 4.12. The van der Waals surface area contributed by atoms with Crippen LogP contribution in [-0.4, -0.2) is 27.1 Å². The SMILES string of the molecule is CCC[C@@H](N)C(=O)Nc1nnc(CC)c(CC)n1. The maximum absolute atomic E-state index is 11.7. The molecule has 1 heterocycles. The van der Waals surface area contributed by atoms with E-state index in [1.807, 2.05) is 20.8 Å². The lowest BCUT2D eigenvalue weighted by atomic mass is 10.2. The first-order valence-corrected chi connectivity index (χ1v) is 6.41. The van der Waals surface area contributed by atoms with Crippen LogP contribution in [-0.2, 0) is 17.6 Å². The van der Waals surface area contributed by atoms with E-state index in [0.29, 0.717) is 6.42 Å². The molecule has 1 amide bonds. The number of carbonyl (C=O) groups is 1. The number of aromatic nitrogens is 3. The number of nitrogens with zero attached hydrogens (tertiary/aromatic N) is 3. The molecule has 0 saturated heterocycles. The highest BCUT2D eigenvalue weighted by Gasteiger charge is 2.14. The van der Waals surface area contributed by atoms with Crippen LogP contribution in [0.3, 0.4) is 0 Å². The molecule has 6 heteroatoms. The van der Waals surface area contributed by atoms with Gasteiger partial charge in [0.1, 0.15) is 0 Å². The predicted octanol–water partition coefficient (Wildman–Crippen LogP) is 1.06. The van der Waals surface area contributed by atoms with E-state index in [4.69, 9.17) is 5.73 Å². The Bertz CT molecular complexity index is 407. The molecule has 3 N–H and O–H groups in total. The van der Waals surface area contributed by atoms with E-state index in [1.165, 1.54) is 0 Å².